The summed E-state index contributed by atoms with van der Waals surface area (Å²) in [5.74, 6) is 0. The van der Waals surface area contributed by atoms with Gasteiger partial charge in [-0.25, -0.2) is 0 Å². The molecule has 3 aromatic rings. The molecule has 96 valence electrons. The van der Waals surface area contributed by atoms with Crippen molar-refractivity contribution >= 4 is 16.5 Å². The van der Waals surface area contributed by atoms with Crippen LogP contribution in [0.4, 0.5) is 5.69 Å². The van der Waals surface area contributed by atoms with Crippen LogP contribution in [0.2, 0.25) is 0 Å². The number of rotatable bonds is 3. The molecule has 0 unspecified atom stereocenters. The monoisotopic (exact) mass is 259 g/mol. The molecule has 1 heterocycles. The Morgan fingerprint density at radius 3 is 2.85 bits per heavy atom. The summed E-state index contributed by atoms with van der Waals surface area (Å²) < 4.78 is 0. The van der Waals surface area contributed by atoms with Crippen molar-refractivity contribution in [2.45, 2.75) is 6.54 Å². The maximum atomic E-state index is 9.06. The molecule has 20 heavy (non-hydrogen) atoms. The number of benzene rings is 2. The van der Waals surface area contributed by atoms with Crippen LogP contribution in [0.1, 0.15) is 11.1 Å². The number of hydrogen-bond acceptors (Lipinski definition) is 3. The molecular weight excluding hydrogens is 246 g/mol. The molecule has 0 spiro atoms. The van der Waals surface area contributed by atoms with Gasteiger partial charge in [0.2, 0.25) is 0 Å². The first-order chi connectivity index (χ1) is 9.86. The quantitative estimate of drug-likeness (QED) is 0.779. The average Bonchev–Trinajstić information content (AvgIpc) is 2.53. The number of pyridine rings is 1. The molecule has 0 atom stereocenters. The first kappa shape index (κ1) is 12.2. The van der Waals surface area contributed by atoms with Crippen LogP contribution >= 0.6 is 0 Å². The van der Waals surface area contributed by atoms with E-state index in [2.05, 4.69) is 34.6 Å². The number of anilines is 1. The fraction of sp³-hybridized carbons (Fsp3) is 0.0588. The van der Waals surface area contributed by atoms with Crippen molar-refractivity contribution in [3.8, 4) is 6.07 Å². The van der Waals surface area contributed by atoms with Crippen LogP contribution in [0.5, 0.6) is 0 Å². The lowest BCUT2D eigenvalue weighted by molar-refractivity contribution is 1.15. The molecule has 0 aliphatic heterocycles. The molecule has 0 bridgehead atoms. The highest BCUT2D eigenvalue weighted by Gasteiger charge is 2.01. The molecule has 0 saturated carbocycles. The Bertz CT molecular complexity index is 787. The zero-order valence-corrected chi connectivity index (χ0v) is 10.9. The van der Waals surface area contributed by atoms with E-state index in [4.69, 9.17) is 5.26 Å². The normalized spacial score (nSPS) is 10.2. The van der Waals surface area contributed by atoms with Crippen molar-refractivity contribution in [3.63, 3.8) is 0 Å². The van der Waals surface area contributed by atoms with E-state index in [0.717, 1.165) is 11.1 Å². The van der Waals surface area contributed by atoms with Crippen LogP contribution in [0.15, 0.2) is 60.9 Å². The third-order valence-corrected chi connectivity index (χ3v) is 3.24. The van der Waals surface area contributed by atoms with E-state index >= 15 is 0 Å². The van der Waals surface area contributed by atoms with Gasteiger partial charge < -0.3 is 5.32 Å². The number of nitriles is 1. The van der Waals surface area contributed by atoms with Crippen molar-refractivity contribution in [2.75, 3.05) is 5.32 Å². The third kappa shape index (κ3) is 2.45. The molecule has 0 radical (unpaired) electrons. The van der Waals surface area contributed by atoms with Gasteiger partial charge in [0.15, 0.2) is 0 Å². The SMILES string of the molecule is N#Cc1ccccc1NCc1ccc2cnccc2c1. The van der Waals surface area contributed by atoms with Gasteiger partial charge in [-0.15, -0.1) is 0 Å². The van der Waals surface area contributed by atoms with E-state index in [0.29, 0.717) is 12.1 Å². The van der Waals surface area contributed by atoms with Gasteiger partial charge in [0.1, 0.15) is 6.07 Å². The average molecular weight is 259 g/mol. The summed E-state index contributed by atoms with van der Waals surface area (Å²) in [5, 5.41) is 14.7. The highest BCUT2D eigenvalue weighted by Crippen LogP contribution is 2.18. The molecule has 3 heteroatoms. The smallest absolute Gasteiger partial charge is 0.101 e. The van der Waals surface area contributed by atoms with Crippen LogP contribution in [0.25, 0.3) is 10.8 Å². The highest BCUT2D eigenvalue weighted by molar-refractivity contribution is 5.82. The predicted octanol–water partition coefficient (Wildman–Crippen LogP) is 3.72. The van der Waals surface area contributed by atoms with Crippen LogP contribution in [0, 0.1) is 11.3 Å². The fourth-order valence-electron chi connectivity index (χ4n) is 2.17. The maximum absolute atomic E-state index is 9.06. The molecule has 0 saturated heterocycles. The summed E-state index contributed by atoms with van der Waals surface area (Å²) in [4.78, 5) is 4.11. The Morgan fingerprint density at radius 2 is 1.95 bits per heavy atom. The minimum Gasteiger partial charge on any atom is -0.380 e. The molecule has 0 fully saturated rings. The molecule has 0 aliphatic carbocycles. The van der Waals surface area contributed by atoms with Crippen molar-refractivity contribution < 1.29 is 0 Å². The minimum atomic E-state index is 0.664. The zero-order chi connectivity index (χ0) is 13.8. The third-order valence-electron chi connectivity index (χ3n) is 3.24. The Kier molecular flexibility index (Phi) is 3.30. The molecule has 2 aromatic carbocycles. The molecule has 0 amide bonds. The van der Waals surface area contributed by atoms with Crippen molar-refractivity contribution in [1.29, 1.82) is 5.26 Å². The van der Waals surface area contributed by atoms with E-state index < -0.39 is 0 Å². The van der Waals surface area contributed by atoms with Crippen molar-refractivity contribution in [3.05, 3.63) is 72.1 Å². The number of hydrogen-bond donors (Lipinski definition) is 1. The lowest BCUT2D eigenvalue weighted by Crippen LogP contribution is -2.01. The summed E-state index contributed by atoms with van der Waals surface area (Å²) in [5.41, 5.74) is 2.71. The van der Waals surface area contributed by atoms with Crippen LogP contribution in [0.3, 0.4) is 0 Å². The topological polar surface area (TPSA) is 48.7 Å². The lowest BCUT2D eigenvalue weighted by atomic mass is 10.1. The van der Waals surface area contributed by atoms with Crippen molar-refractivity contribution in [1.82, 2.24) is 4.98 Å². The number of fused-ring (bicyclic) bond motifs is 1. The van der Waals surface area contributed by atoms with Crippen molar-refractivity contribution in [2.24, 2.45) is 0 Å². The summed E-state index contributed by atoms with van der Waals surface area (Å²) in [6.45, 7) is 0.691. The number of nitrogens with one attached hydrogen (secondary N) is 1. The van der Waals surface area contributed by atoms with E-state index in [-0.39, 0.29) is 0 Å². The Hall–Kier alpha value is -2.86. The molecule has 1 aromatic heterocycles. The Labute approximate surface area is 117 Å². The van der Waals surface area contributed by atoms with Crippen LogP contribution < -0.4 is 5.32 Å². The fourth-order valence-corrected chi connectivity index (χ4v) is 2.17. The van der Waals surface area contributed by atoms with Gasteiger partial charge in [0, 0.05) is 24.3 Å². The van der Waals surface area contributed by atoms with E-state index in [9.17, 15) is 0 Å². The Morgan fingerprint density at radius 1 is 1.05 bits per heavy atom. The molecule has 3 nitrogen and oxygen atoms in total. The minimum absolute atomic E-state index is 0.664. The van der Waals surface area contributed by atoms with E-state index in [1.165, 1.54) is 10.9 Å². The van der Waals surface area contributed by atoms with Gasteiger partial charge >= 0.3 is 0 Å². The first-order valence-corrected chi connectivity index (χ1v) is 6.42. The summed E-state index contributed by atoms with van der Waals surface area (Å²) in [7, 11) is 0. The second kappa shape index (κ2) is 5.41. The maximum Gasteiger partial charge on any atom is 0.101 e. The molecular formula is C17H13N3. The number of nitrogens with zero attached hydrogens (tertiary/aromatic N) is 2. The van der Waals surface area contributed by atoms with Gasteiger partial charge in [0.05, 0.1) is 11.3 Å². The van der Waals surface area contributed by atoms with Gasteiger partial charge in [-0.05, 0) is 35.2 Å². The van der Waals surface area contributed by atoms with Crippen LogP contribution in [-0.4, -0.2) is 4.98 Å². The standard InChI is InChI=1S/C17H13N3/c18-10-15-3-1-2-4-17(15)20-11-13-5-6-16-12-19-8-7-14(16)9-13/h1-9,12,20H,11H2. The highest BCUT2D eigenvalue weighted by atomic mass is 14.9. The Balaban J connectivity index is 1.82. The van der Waals surface area contributed by atoms with Gasteiger partial charge in [0.25, 0.3) is 0 Å². The molecule has 1 N–H and O–H groups in total. The van der Waals surface area contributed by atoms with Gasteiger partial charge in [-0.3, -0.25) is 4.98 Å². The summed E-state index contributed by atoms with van der Waals surface area (Å²) >= 11 is 0. The zero-order valence-electron chi connectivity index (χ0n) is 10.9. The summed E-state index contributed by atoms with van der Waals surface area (Å²) in [6.07, 6.45) is 3.65. The van der Waals surface area contributed by atoms with Gasteiger partial charge in [-0.1, -0.05) is 24.3 Å². The first-order valence-electron chi connectivity index (χ1n) is 6.42. The van der Waals surface area contributed by atoms with E-state index in [1.54, 1.807) is 6.20 Å². The second-order valence-electron chi connectivity index (χ2n) is 4.57. The summed E-state index contributed by atoms with van der Waals surface area (Å²) in [6, 6.07) is 18.0. The van der Waals surface area contributed by atoms with E-state index in [1.807, 2.05) is 36.5 Å². The number of para-hydroxylation sites is 1. The molecule has 3 rings (SSSR count). The van der Waals surface area contributed by atoms with Gasteiger partial charge in [-0.2, -0.15) is 5.26 Å². The second-order valence-corrected chi connectivity index (χ2v) is 4.57. The largest absolute Gasteiger partial charge is 0.380 e. The number of aromatic nitrogens is 1. The lowest BCUT2D eigenvalue weighted by Gasteiger charge is -2.08. The molecule has 0 aliphatic rings. The van der Waals surface area contributed by atoms with Crippen LogP contribution in [-0.2, 0) is 6.54 Å². The predicted molar refractivity (Wildman–Crippen MR) is 80.2 cm³/mol.